The summed E-state index contributed by atoms with van der Waals surface area (Å²) in [6, 6.07) is 19.0. The van der Waals surface area contributed by atoms with Crippen LogP contribution in [0.3, 0.4) is 0 Å². The summed E-state index contributed by atoms with van der Waals surface area (Å²) < 4.78 is 26.9. The number of aromatic nitrogens is 3. The highest BCUT2D eigenvalue weighted by atomic mass is 32.1. The van der Waals surface area contributed by atoms with E-state index in [9.17, 15) is 9.18 Å². The Morgan fingerprint density at radius 1 is 1.08 bits per heavy atom. The molecular formula is C27H23FN4O3S. The molecule has 1 amide bonds. The van der Waals surface area contributed by atoms with Crippen LogP contribution in [0.2, 0.25) is 0 Å². The van der Waals surface area contributed by atoms with Crippen molar-refractivity contribution in [2.45, 2.75) is 19.1 Å². The molecule has 0 saturated heterocycles. The molecule has 9 heteroatoms. The fourth-order valence-electron chi connectivity index (χ4n) is 3.98. The summed E-state index contributed by atoms with van der Waals surface area (Å²) in [6.45, 7) is 1.89. The third-order valence-electron chi connectivity index (χ3n) is 5.74. The minimum Gasteiger partial charge on any atom is -0.497 e. The minimum absolute atomic E-state index is 0.259. The van der Waals surface area contributed by atoms with E-state index in [2.05, 4.69) is 15.4 Å². The van der Waals surface area contributed by atoms with Gasteiger partial charge in [0.05, 0.1) is 30.6 Å². The van der Waals surface area contributed by atoms with Crippen LogP contribution in [0.5, 0.6) is 11.5 Å². The molecule has 2 unspecified atom stereocenters. The monoisotopic (exact) mass is 502 g/mol. The number of carbonyl (C=O) groups is 1. The molecule has 36 heavy (non-hydrogen) atoms. The van der Waals surface area contributed by atoms with Crippen molar-refractivity contribution in [1.82, 2.24) is 20.1 Å². The lowest BCUT2D eigenvalue weighted by molar-refractivity contribution is 0.0881. The summed E-state index contributed by atoms with van der Waals surface area (Å²) >= 11 is 1.28. The van der Waals surface area contributed by atoms with Gasteiger partial charge in [0.25, 0.3) is 5.91 Å². The quantitative estimate of drug-likeness (QED) is 0.300. The highest BCUT2D eigenvalue weighted by molar-refractivity contribution is 7.11. The molecule has 0 fully saturated rings. The first-order valence-electron chi connectivity index (χ1n) is 11.3. The number of rotatable bonds is 8. The lowest BCUT2D eigenvalue weighted by Gasteiger charge is -2.26. The molecule has 0 saturated carbocycles. The predicted octanol–water partition coefficient (Wildman–Crippen LogP) is 5.57. The molecule has 5 rings (SSSR count). The molecule has 5 aromatic rings. The van der Waals surface area contributed by atoms with E-state index in [0.29, 0.717) is 16.5 Å². The van der Waals surface area contributed by atoms with Gasteiger partial charge in [-0.2, -0.15) is 5.10 Å². The van der Waals surface area contributed by atoms with E-state index in [1.807, 2.05) is 49.4 Å². The van der Waals surface area contributed by atoms with Gasteiger partial charge in [0.15, 0.2) is 5.01 Å². The summed E-state index contributed by atoms with van der Waals surface area (Å²) in [7, 11) is 1.61. The number of fused-ring (bicyclic) bond motifs is 1. The van der Waals surface area contributed by atoms with Crippen LogP contribution in [0.15, 0.2) is 84.5 Å². The Bertz CT molecular complexity index is 1480. The van der Waals surface area contributed by atoms with Gasteiger partial charge in [0.2, 0.25) is 0 Å². The van der Waals surface area contributed by atoms with E-state index in [-0.39, 0.29) is 17.8 Å². The second-order valence-corrected chi connectivity index (χ2v) is 9.06. The van der Waals surface area contributed by atoms with Gasteiger partial charge in [-0.1, -0.05) is 12.1 Å². The zero-order chi connectivity index (χ0) is 25.1. The number of benzene rings is 3. The first-order valence-corrected chi connectivity index (χ1v) is 12.1. The molecule has 0 radical (unpaired) electrons. The van der Waals surface area contributed by atoms with Crippen molar-refractivity contribution in [3.8, 4) is 17.2 Å². The Hall–Kier alpha value is -4.24. The smallest absolute Gasteiger partial charge is 0.280 e. The molecule has 0 aliphatic carbocycles. The summed E-state index contributed by atoms with van der Waals surface area (Å²) in [5, 5.41) is 10.5. The van der Waals surface area contributed by atoms with Gasteiger partial charge >= 0.3 is 0 Å². The first-order chi connectivity index (χ1) is 17.5. The van der Waals surface area contributed by atoms with Crippen molar-refractivity contribution < 1.29 is 18.7 Å². The van der Waals surface area contributed by atoms with Crippen LogP contribution in [-0.2, 0) is 0 Å². The Morgan fingerprint density at radius 3 is 2.67 bits per heavy atom. The zero-order valence-electron chi connectivity index (χ0n) is 19.6. The summed E-state index contributed by atoms with van der Waals surface area (Å²) in [4.78, 5) is 16.8. The lowest BCUT2D eigenvalue weighted by atomic mass is 10.0. The number of nitrogens with zero attached hydrogens (tertiary/aromatic N) is 3. The van der Waals surface area contributed by atoms with Gasteiger partial charge in [0, 0.05) is 17.0 Å². The van der Waals surface area contributed by atoms with Crippen LogP contribution in [-0.4, -0.2) is 33.8 Å². The van der Waals surface area contributed by atoms with Crippen molar-refractivity contribution in [3.05, 3.63) is 101 Å². The fraction of sp³-hybridized carbons (Fsp3) is 0.148. The zero-order valence-corrected chi connectivity index (χ0v) is 20.4. The van der Waals surface area contributed by atoms with Gasteiger partial charge < -0.3 is 14.8 Å². The number of halogens is 1. The second-order valence-electron chi connectivity index (χ2n) is 8.17. The molecule has 7 nitrogen and oxygen atoms in total. The highest BCUT2D eigenvalue weighted by Gasteiger charge is 2.25. The Labute approximate surface area is 211 Å². The van der Waals surface area contributed by atoms with Crippen LogP contribution < -0.4 is 14.8 Å². The molecule has 1 N–H and O–H groups in total. The van der Waals surface area contributed by atoms with E-state index >= 15 is 0 Å². The molecule has 0 aliphatic rings. The molecule has 3 aromatic carbocycles. The SMILES string of the molecule is COc1cccc(C(Oc2ccc3c(cnn3-c3ccc(F)cc3)c2)C(C)NC(=O)c2nccs2)c1. The molecule has 0 spiro atoms. The number of hydrogen-bond acceptors (Lipinski definition) is 6. The van der Waals surface area contributed by atoms with E-state index in [4.69, 9.17) is 9.47 Å². The highest BCUT2D eigenvalue weighted by Crippen LogP contribution is 2.30. The van der Waals surface area contributed by atoms with Crippen molar-refractivity contribution >= 4 is 28.1 Å². The van der Waals surface area contributed by atoms with Gasteiger partial charge in [-0.3, -0.25) is 4.79 Å². The molecule has 2 heterocycles. The molecule has 0 bridgehead atoms. The van der Waals surface area contributed by atoms with E-state index in [1.54, 1.807) is 41.7 Å². The fourth-order valence-corrected chi connectivity index (χ4v) is 4.51. The maximum Gasteiger partial charge on any atom is 0.280 e. The summed E-state index contributed by atoms with van der Waals surface area (Å²) in [5.74, 6) is 0.746. The molecule has 2 atom stereocenters. The standard InChI is InChI=1S/C27H23FN4O3S/c1-17(31-26(33)27-29-12-13-36-27)25(18-4-3-5-22(14-18)34-2)35-23-10-11-24-19(15-23)16-30-32(24)21-8-6-20(28)7-9-21/h3-17,25H,1-2H3,(H,31,33). The predicted molar refractivity (Wildman–Crippen MR) is 136 cm³/mol. The largest absolute Gasteiger partial charge is 0.497 e. The van der Waals surface area contributed by atoms with Crippen LogP contribution in [0.4, 0.5) is 4.39 Å². The van der Waals surface area contributed by atoms with Crippen molar-refractivity contribution in [1.29, 1.82) is 0 Å². The van der Waals surface area contributed by atoms with Gasteiger partial charge in [0.1, 0.15) is 23.4 Å². The number of ether oxygens (including phenoxy) is 2. The number of amides is 1. The van der Waals surface area contributed by atoms with Crippen LogP contribution in [0, 0.1) is 5.82 Å². The normalized spacial score (nSPS) is 12.8. The van der Waals surface area contributed by atoms with E-state index in [0.717, 1.165) is 22.2 Å². The molecule has 0 aliphatic heterocycles. The molecular weight excluding hydrogens is 479 g/mol. The third-order valence-corrected chi connectivity index (χ3v) is 6.51. The first kappa shape index (κ1) is 23.5. The third kappa shape index (κ3) is 4.92. The lowest BCUT2D eigenvalue weighted by Crippen LogP contribution is -2.39. The summed E-state index contributed by atoms with van der Waals surface area (Å²) in [5.41, 5.74) is 2.47. The second kappa shape index (κ2) is 10.2. The van der Waals surface area contributed by atoms with Crippen molar-refractivity contribution in [2.75, 3.05) is 7.11 Å². The summed E-state index contributed by atoms with van der Waals surface area (Å²) in [6.07, 6.45) is 2.83. The maximum absolute atomic E-state index is 13.3. The van der Waals surface area contributed by atoms with Crippen LogP contribution in [0.25, 0.3) is 16.6 Å². The maximum atomic E-state index is 13.3. The number of carbonyl (C=O) groups excluding carboxylic acids is 1. The number of hydrogen-bond donors (Lipinski definition) is 1. The van der Waals surface area contributed by atoms with E-state index < -0.39 is 6.10 Å². The Morgan fingerprint density at radius 2 is 1.92 bits per heavy atom. The molecule has 182 valence electrons. The van der Waals surface area contributed by atoms with E-state index in [1.165, 1.54) is 23.5 Å². The Kier molecular flexibility index (Phi) is 6.64. The average molecular weight is 503 g/mol. The van der Waals surface area contributed by atoms with Crippen LogP contribution >= 0.6 is 11.3 Å². The number of thiazole rings is 1. The topological polar surface area (TPSA) is 78.3 Å². The van der Waals surface area contributed by atoms with Crippen LogP contribution in [0.1, 0.15) is 28.4 Å². The van der Waals surface area contributed by atoms with Gasteiger partial charge in [-0.25, -0.2) is 14.1 Å². The number of methoxy groups -OCH3 is 1. The Balaban J connectivity index is 1.44. The minimum atomic E-state index is -0.506. The number of nitrogens with one attached hydrogen (secondary N) is 1. The average Bonchev–Trinajstić information content (AvgIpc) is 3.58. The van der Waals surface area contributed by atoms with Crippen molar-refractivity contribution in [2.24, 2.45) is 0 Å². The van der Waals surface area contributed by atoms with Crippen molar-refractivity contribution in [3.63, 3.8) is 0 Å². The van der Waals surface area contributed by atoms with Gasteiger partial charge in [-0.05, 0) is 67.1 Å². The molecule has 2 aromatic heterocycles. The van der Waals surface area contributed by atoms with Gasteiger partial charge in [-0.15, -0.1) is 11.3 Å².